The molecule has 1 atom stereocenters. The first-order chi connectivity index (χ1) is 27.0. The van der Waals surface area contributed by atoms with Crippen LogP contribution in [0.15, 0.2) is 42.5 Å². The third kappa shape index (κ3) is 7.03. The van der Waals surface area contributed by atoms with E-state index in [1.54, 1.807) is 30.3 Å². The van der Waals surface area contributed by atoms with Crippen molar-refractivity contribution in [2.45, 2.75) is 65.1 Å². The van der Waals surface area contributed by atoms with Crippen LogP contribution in [0.3, 0.4) is 0 Å². The van der Waals surface area contributed by atoms with Gasteiger partial charge in [-0.15, -0.1) is 10.2 Å². The smallest absolute Gasteiger partial charge is 0.269 e. The molecule has 3 aliphatic heterocycles. The Hall–Kier alpha value is -5.66. The zero-order chi connectivity index (χ0) is 41.0. The number of piperazine rings is 1. The van der Waals surface area contributed by atoms with Crippen LogP contribution >= 0.6 is 11.6 Å². The van der Waals surface area contributed by atoms with Crippen molar-refractivity contribution in [3.05, 3.63) is 75.7 Å². The molecule has 1 aromatic heterocycles. The standard InChI is InChI=1S/C40H42ClFN8O7/c1-39(2)37(40(3,4)38(39)57-23-7-6-22(21-43)26(41)18-23)50-32(51)11-9-29(36(50)55)49-34(53)24-19-27(42)30(20-25(24)35(49)54)56-17-5-12-47-13-15-48(16-14-47)31-10-8-28(33(44)52)45-46-31/h6-8,10,18-20,29,37-38H,5,9,11-17H2,1-4H3,(H2,44,52). The van der Waals surface area contributed by atoms with Crippen molar-refractivity contribution in [1.29, 1.82) is 5.26 Å². The van der Waals surface area contributed by atoms with Crippen LogP contribution in [-0.2, 0) is 9.59 Å². The van der Waals surface area contributed by atoms with Crippen molar-refractivity contribution in [2.75, 3.05) is 44.2 Å². The molecule has 0 radical (unpaired) electrons. The van der Waals surface area contributed by atoms with E-state index in [9.17, 15) is 29.2 Å². The quantitative estimate of drug-likeness (QED) is 0.218. The second-order valence-electron chi connectivity index (χ2n) is 15.9. The minimum absolute atomic E-state index is 0.0635. The summed E-state index contributed by atoms with van der Waals surface area (Å²) in [6, 6.07) is 10.3. The number of likely N-dealkylation sites (tertiary alicyclic amines) is 1. The molecule has 2 aromatic carbocycles. The first kappa shape index (κ1) is 39.6. The van der Waals surface area contributed by atoms with Crippen LogP contribution in [0.25, 0.3) is 0 Å². The molecular formula is C40H42ClFN8O7. The molecule has 2 N–H and O–H groups in total. The molecule has 0 spiro atoms. The van der Waals surface area contributed by atoms with E-state index in [2.05, 4.69) is 20.0 Å². The molecule has 7 rings (SSSR count). The fourth-order valence-electron chi connectivity index (χ4n) is 9.12. The van der Waals surface area contributed by atoms with E-state index >= 15 is 4.39 Å². The summed E-state index contributed by atoms with van der Waals surface area (Å²) in [7, 11) is 0. The molecule has 3 fully saturated rings. The predicted octanol–water partition coefficient (Wildman–Crippen LogP) is 3.83. The molecule has 2 saturated heterocycles. The SMILES string of the molecule is CC1(C)C(Oc2ccc(C#N)c(Cl)c2)C(C)(C)C1N1C(=O)CCC(N2C(=O)c3cc(F)c(OCCCN4CCN(c5ccc(C(N)=O)nn5)CC4)cc3C2=O)C1=O. The number of halogens is 2. The molecular weight excluding hydrogens is 759 g/mol. The number of nitrogens with two attached hydrogens (primary N) is 1. The second-order valence-corrected chi connectivity index (χ2v) is 16.3. The molecule has 298 valence electrons. The Morgan fingerprint density at radius 1 is 0.965 bits per heavy atom. The van der Waals surface area contributed by atoms with E-state index in [0.29, 0.717) is 43.2 Å². The monoisotopic (exact) mass is 800 g/mol. The number of piperidine rings is 1. The second kappa shape index (κ2) is 15.0. The Labute approximate surface area is 333 Å². The van der Waals surface area contributed by atoms with E-state index in [1.807, 2.05) is 33.8 Å². The fourth-order valence-corrected chi connectivity index (χ4v) is 9.33. The highest BCUT2D eigenvalue weighted by Gasteiger charge is 2.68. The minimum atomic E-state index is -1.27. The summed E-state index contributed by atoms with van der Waals surface area (Å²) >= 11 is 6.24. The van der Waals surface area contributed by atoms with E-state index in [4.69, 9.17) is 26.8 Å². The summed E-state index contributed by atoms with van der Waals surface area (Å²) in [5.74, 6) is -3.23. The van der Waals surface area contributed by atoms with Gasteiger partial charge < -0.3 is 20.1 Å². The topological polar surface area (TPSA) is 192 Å². The van der Waals surface area contributed by atoms with Gasteiger partial charge in [0.15, 0.2) is 23.1 Å². The first-order valence-electron chi connectivity index (χ1n) is 18.7. The molecule has 1 saturated carbocycles. The normalized spacial score (nSPS) is 22.9. The molecule has 4 heterocycles. The molecule has 3 aromatic rings. The lowest BCUT2D eigenvalue weighted by atomic mass is 9.48. The molecule has 1 unspecified atom stereocenters. The van der Waals surface area contributed by atoms with Crippen LogP contribution in [-0.4, -0.2) is 112 Å². The molecule has 15 nitrogen and oxygen atoms in total. The Morgan fingerprint density at radius 2 is 1.65 bits per heavy atom. The highest BCUT2D eigenvalue weighted by Crippen LogP contribution is 2.58. The summed E-state index contributed by atoms with van der Waals surface area (Å²) in [5, 5.41) is 17.4. The molecule has 17 heteroatoms. The molecule has 4 aliphatic rings. The van der Waals surface area contributed by atoms with Crippen molar-refractivity contribution in [1.82, 2.24) is 24.9 Å². The Morgan fingerprint density at radius 3 is 2.26 bits per heavy atom. The van der Waals surface area contributed by atoms with Crippen molar-refractivity contribution >= 4 is 47.0 Å². The third-order valence-electron chi connectivity index (χ3n) is 11.5. The Bertz CT molecular complexity index is 2190. The minimum Gasteiger partial charge on any atom is -0.490 e. The van der Waals surface area contributed by atoms with Crippen molar-refractivity contribution in [2.24, 2.45) is 16.6 Å². The predicted molar refractivity (Wildman–Crippen MR) is 203 cm³/mol. The van der Waals surface area contributed by atoms with Gasteiger partial charge in [0.25, 0.3) is 23.6 Å². The number of nitriles is 1. The van der Waals surface area contributed by atoms with Gasteiger partial charge in [-0.3, -0.25) is 38.7 Å². The number of benzene rings is 2. The maximum absolute atomic E-state index is 15.3. The summed E-state index contributed by atoms with van der Waals surface area (Å²) in [5.41, 5.74) is 3.86. The lowest BCUT2D eigenvalue weighted by Crippen LogP contribution is -2.77. The Kier molecular flexibility index (Phi) is 10.4. The van der Waals surface area contributed by atoms with Gasteiger partial charge in [0.05, 0.1) is 34.4 Å². The number of carbonyl (C=O) groups excluding carboxylic acids is 5. The molecule has 1 aliphatic carbocycles. The first-order valence-corrected chi connectivity index (χ1v) is 19.1. The van der Waals surface area contributed by atoms with Crippen molar-refractivity contribution < 1.29 is 37.8 Å². The van der Waals surface area contributed by atoms with Crippen LogP contribution < -0.4 is 20.1 Å². The average molecular weight is 801 g/mol. The van der Waals surface area contributed by atoms with Crippen molar-refractivity contribution in [3.8, 4) is 17.6 Å². The lowest BCUT2D eigenvalue weighted by Gasteiger charge is -2.65. The maximum atomic E-state index is 15.3. The maximum Gasteiger partial charge on any atom is 0.269 e. The zero-order valence-electron chi connectivity index (χ0n) is 32.0. The molecule has 57 heavy (non-hydrogen) atoms. The van der Waals surface area contributed by atoms with Crippen LogP contribution in [0.4, 0.5) is 10.2 Å². The van der Waals surface area contributed by atoms with Gasteiger partial charge in [-0.25, -0.2) is 4.39 Å². The third-order valence-corrected chi connectivity index (χ3v) is 11.8. The largest absolute Gasteiger partial charge is 0.490 e. The number of nitrogens with zero attached hydrogens (tertiary/aromatic N) is 7. The van der Waals surface area contributed by atoms with Gasteiger partial charge in [0.1, 0.15) is 24.0 Å². The van der Waals surface area contributed by atoms with Crippen LogP contribution in [0.2, 0.25) is 5.02 Å². The molecule has 0 bridgehead atoms. The van der Waals surface area contributed by atoms with E-state index in [0.717, 1.165) is 24.1 Å². The summed E-state index contributed by atoms with van der Waals surface area (Å²) in [6.07, 6.45) is -0.0728. The fraction of sp³-hybridized carbons (Fsp3) is 0.450. The highest BCUT2D eigenvalue weighted by molar-refractivity contribution is 6.31. The number of rotatable bonds is 11. The lowest BCUT2D eigenvalue weighted by molar-refractivity contribution is -0.216. The number of hydrogen-bond acceptors (Lipinski definition) is 12. The van der Waals surface area contributed by atoms with E-state index < -0.39 is 64.4 Å². The van der Waals surface area contributed by atoms with Crippen LogP contribution in [0, 0.1) is 28.0 Å². The Balaban J connectivity index is 0.971. The van der Waals surface area contributed by atoms with E-state index in [-0.39, 0.29) is 47.0 Å². The number of fused-ring (bicyclic) bond motifs is 1. The van der Waals surface area contributed by atoms with Gasteiger partial charge in [0.2, 0.25) is 5.91 Å². The van der Waals surface area contributed by atoms with Crippen LogP contribution in [0.1, 0.15) is 83.7 Å². The van der Waals surface area contributed by atoms with Gasteiger partial charge in [-0.2, -0.15) is 5.26 Å². The number of primary amides is 1. The summed E-state index contributed by atoms with van der Waals surface area (Å²) in [4.78, 5) is 72.9. The number of imide groups is 2. The summed E-state index contributed by atoms with van der Waals surface area (Å²) < 4.78 is 27.4. The van der Waals surface area contributed by atoms with Gasteiger partial charge in [0, 0.05) is 56.0 Å². The van der Waals surface area contributed by atoms with Crippen LogP contribution in [0.5, 0.6) is 11.5 Å². The van der Waals surface area contributed by atoms with Crippen molar-refractivity contribution in [3.63, 3.8) is 0 Å². The van der Waals surface area contributed by atoms with Gasteiger partial charge >= 0.3 is 0 Å². The number of hydrogen-bond donors (Lipinski definition) is 1. The number of ether oxygens (including phenoxy) is 2. The molecule has 5 amide bonds. The summed E-state index contributed by atoms with van der Waals surface area (Å²) in [6.45, 7) is 11.2. The highest BCUT2D eigenvalue weighted by atomic mass is 35.5. The number of anilines is 1. The number of amides is 5. The number of aromatic nitrogens is 2. The number of carbonyl (C=O) groups is 5. The average Bonchev–Trinajstić information content (AvgIpc) is 3.41. The van der Waals surface area contributed by atoms with Gasteiger partial charge in [-0.05, 0) is 49.2 Å². The van der Waals surface area contributed by atoms with E-state index in [1.165, 1.54) is 11.0 Å². The zero-order valence-corrected chi connectivity index (χ0v) is 32.7. The van der Waals surface area contributed by atoms with Gasteiger partial charge in [-0.1, -0.05) is 39.3 Å².